The first-order valence-electron chi connectivity index (χ1n) is 5.32. The molecule has 0 bridgehead atoms. The first-order chi connectivity index (χ1) is 8.99. The number of nitriles is 1. The van der Waals surface area contributed by atoms with Crippen molar-refractivity contribution in [2.45, 2.75) is 13.3 Å². The molecule has 1 rings (SSSR count). The summed E-state index contributed by atoms with van der Waals surface area (Å²) in [6.45, 7) is 1.49. The van der Waals surface area contributed by atoms with Gasteiger partial charge in [-0.25, -0.2) is 13.6 Å². The smallest absolute Gasteiger partial charge is 0.344 e. The summed E-state index contributed by atoms with van der Waals surface area (Å²) in [6.07, 6.45) is -0.442. The van der Waals surface area contributed by atoms with Crippen LogP contribution in [-0.4, -0.2) is 18.5 Å². The Balaban J connectivity index is 3.00. The maximum atomic E-state index is 13.6. The van der Waals surface area contributed by atoms with Crippen molar-refractivity contribution in [3.63, 3.8) is 0 Å². The van der Waals surface area contributed by atoms with E-state index >= 15 is 0 Å². The Morgan fingerprint density at radius 1 is 1.37 bits per heavy atom. The average molecular weight is 268 g/mol. The molecule has 7 heteroatoms. The Labute approximate surface area is 107 Å². The SMILES string of the molecule is CCOC(=O)c1c(F)cc(NC(=O)CC#N)cc1F. The van der Waals surface area contributed by atoms with Gasteiger partial charge in [-0.1, -0.05) is 0 Å². The molecule has 19 heavy (non-hydrogen) atoms. The van der Waals surface area contributed by atoms with Crippen LogP contribution in [0.1, 0.15) is 23.7 Å². The number of carbonyl (C=O) groups excluding carboxylic acids is 2. The van der Waals surface area contributed by atoms with Crippen molar-refractivity contribution in [2.75, 3.05) is 11.9 Å². The average Bonchev–Trinajstić information content (AvgIpc) is 2.28. The minimum atomic E-state index is -1.15. The van der Waals surface area contributed by atoms with Crippen molar-refractivity contribution < 1.29 is 23.1 Å². The Bertz CT molecular complexity index is 529. The Kier molecular flexibility index (Phi) is 4.94. The van der Waals surface area contributed by atoms with E-state index in [1.807, 2.05) is 0 Å². The van der Waals surface area contributed by atoms with Crippen LogP contribution < -0.4 is 5.32 Å². The number of benzene rings is 1. The second-order valence-electron chi connectivity index (χ2n) is 3.42. The van der Waals surface area contributed by atoms with Gasteiger partial charge < -0.3 is 10.1 Å². The van der Waals surface area contributed by atoms with Crippen molar-refractivity contribution >= 4 is 17.6 Å². The van der Waals surface area contributed by atoms with Gasteiger partial charge in [-0.2, -0.15) is 5.26 Å². The lowest BCUT2D eigenvalue weighted by atomic mass is 10.1. The molecule has 0 fully saturated rings. The summed E-state index contributed by atoms with van der Waals surface area (Å²) in [5.41, 5.74) is -0.997. The molecule has 1 amide bonds. The Morgan fingerprint density at radius 3 is 2.42 bits per heavy atom. The number of amides is 1. The van der Waals surface area contributed by atoms with Crippen molar-refractivity contribution in [3.05, 3.63) is 29.3 Å². The summed E-state index contributed by atoms with van der Waals surface area (Å²) >= 11 is 0. The van der Waals surface area contributed by atoms with Crippen LogP contribution in [0.2, 0.25) is 0 Å². The quantitative estimate of drug-likeness (QED) is 0.847. The van der Waals surface area contributed by atoms with Gasteiger partial charge in [0.05, 0.1) is 12.7 Å². The molecule has 0 aliphatic carbocycles. The molecule has 0 saturated heterocycles. The lowest BCUT2D eigenvalue weighted by Crippen LogP contribution is -2.14. The van der Waals surface area contributed by atoms with Gasteiger partial charge in [-0.05, 0) is 19.1 Å². The molecule has 1 aromatic rings. The molecule has 0 unspecified atom stereocenters. The van der Waals surface area contributed by atoms with Gasteiger partial charge in [0.1, 0.15) is 23.6 Å². The minimum absolute atomic E-state index is 0.0155. The van der Waals surface area contributed by atoms with Crippen LogP contribution in [0.25, 0.3) is 0 Å². The zero-order chi connectivity index (χ0) is 14.4. The third-order valence-electron chi connectivity index (χ3n) is 2.05. The Hall–Kier alpha value is -2.49. The van der Waals surface area contributed by atoms with E-state index in [2.05, 4.69) is 10.1 Å². The fraction of sp³-hybridized carbons (Fsp3) is 0.250. The summed E-state index contributed by atoms with van der Waals surface area (Å²) < 4.78 is 31.6. The monoisotopic (exact) mass is 268 g/mol. The van der Waals surface area contributed by atoms with Gasteiger partial charge in [-0.3, -0.25) is 4.79 Å². The van der Waals surface area contributed by atoms with E-state index in [-0.39, 0.29) is 12.3 Å². The molecule has 0 aliphatic heterocycles. The lowest BCUT2D eigenvalue weighted by Gasteiger charge is -2.08. The van der Waals surface area contributed by atoms with Crippen LogP contribution in [-0.2, 0) is 9.53 Å². The molecule has 100 valence electrons. The van der Waals surface area contributed by atoms with Gasteiger partial charge >= 0.3 is 5.97 Å². The van der Waals surface area contributed by atoms with E-state index in [1.165, 1.54) is 6.92 Å². The number of halogens is 2. The normalized spacial score (nSPS) is 9.58. The lowest BCUT2D eigenvalue weighted by molar-refractivity contribution is -0.115. The van der Waals surface area contributed by atoms with Crippen molar-refractivity contribution in [2.24, 2.45) is 0 Å². The van der Waals surface area contributed by atoms with Crippen LogP contribution in [0.3, 0.4) is 0 Å². The number of nitrogens with zero attached hydrogens (tertiary/aromatic N) is 1. The number of rotatable bonds is 4. The molecule has 0 heterocycles. The van der Waals surface area contributed by atoms with Crippen LogP contribution >= 0.6 is 0 Å². The number of carbonyl (C=O) groups is 2. The zero-order valence-corrected chi connectivity index (χ0v) is 10.00. The van der Waals surface area contributed by atoms with Gasteiger partial charge in [0.15, 0.2) is 0 Å². The van der Waals surface area contributed by atoms with Crippen LogP contribution in [0.15, 0.2) is 12.1 Å². The van der Waals surface area contributed by atoms with Gasteiger partial charge in [0.25, 0.3) is 0 Å². The Morgan fingerprint density at radius 2 is 1.95 bits per heavy atom. The summed E-state index contributed by atoms with van der Waals surface area (Å²) in [4.78, 5) is 22.4. The standard InChI is InChI=1S/C12H10F2N2O3/c1-2-19-12(18)11-8(13)5-7(6-9(11)14)16-10(17)3-4-15/h5-6H,2-3H2,1H3,(H,16,17). The molecule has 0 atom stereocenters. The van der Waals surface area contributed by atoms with E-state index in [4.69, 9.17) is 5.26 Å². The molecule has 0 spiro atoms. The minimum Gasteiger partial charge on any atom is -0.462 e. The van der Waals surface area contributed by atoms with Crippen molar-refractivity contribution in [3.8, 4) is 6.07 Å². The zero-order valence-electron chi connectivity index (χ0n) is 10.00. The number of hydrogen-bond donors (Lipinski definition) is 1. The summed E-state index contributed by atoms with van der Waals surface area (Å²) in [5.74, 6) is -4.12. The molecular formula is C12H10F2N2O3. The number of esters is 1. The highest BCUT2D eigenvalue weighted by molar-refractivity contribution is 5.94. The molecule has 0 aliphatic rings. The largest absolute Gasteiger partial charge is 0.462 e. The molecule has 0 saturated carbocycles. The fourth-order valence-corrected chi connectivity index (χ4v) is 1.32. The van der Waals surface area contributed by atoms with E-state index in [1.54, 1.807) is 6.07 Å². The van der Waals surface area contributed by atoms with E-state index < -0.39 is 35.5 Å². The maximum absolute atomic E-state index is 13.6. The van der Waals surface area contributed by atoms with Crippen LogP contribution in [0.4, 0.5) is 14.5 Å². The van der Waals surface area contributed by atoms with Gasteiger partial charge in [0, 0.05) is 5.69 Å². The van der Waals surface area contributed by atoms with Crippen LogP contribution in [0, 0.1) is 23.0 Å². The highest BCUT2D eigenvalue weighted by Gasteiger charge is 2.20. The second-order valence-corrected chi connectivity index (χ2v) is 3.42. The predicted octanol–water partition coefficient (Wildman–Crippen LogP) is 1.99. The molecule has 0 radical (unpaired) electrons. The number of anilines is 1. The second kappa shape index (κ2) is 6.44. The first kappa shape index (κ1) is 14.6. The number of ether oxygens (including phenoxy) is 1. The van der Waals surface area contributed by atoms with E-state index in [9.17, 15) is 18.4 Å². The first-order valence-corrected chi connectivity index (χ1v) is 5.32. The number of nitrogens with one attached hydrogen (secondary N) is 1. The molecular weight excluding hydrogens is 258 g/mol. The maximum Gasteiger partial charge on any atom is 0.344 e. The summed E-state index contributed by atoms with van der Waals surface area (Å²) in [5, 5.41) is 10.4. The summed E-state index contributed by atoms with van der Waals surface area (Å²) in [7, 11) is 0. The topological polar surface area (TPSA) is 79.2 Å². The summed E-state index contributed by atoms with van der Waals surface area (Å²) in [6, 6.07) is 3.15. The predicted molar refractivity (Wildman–Crippen MR) is 61.2 cm³/mol. The van der Waals surface area contributed by atoms with E-state index in [0.29, 0.717) is 0 Å². The highest BCUT2D eigenvalue weighted by atomic mass is 19.1. The molecule has 1 aromatic carbocycles. The highest BCUT2D eigenvalue weighted by Crippen LogP contribution is 2.20. The molecule has 5 nitrogen and oxygen atoms in total. The third-order valence-corrected chi connectivity index (χ3v) is 2.05. The third kappa shape index (κ3) is 3.74. The van der Waals surface area contributed by atoms with Gasteiger partial charge in [-0.15, -0.1) is 0 Å². The molecule has 0 aromatic heterocycles. The van der Waals surface area contributed by atoms with Crippen molar-refractivity contribution in [1.82, 2.24) is 0 Å². The van der Waals surface area contributed by atoms with E-state index in [0.717, 1.165) is 12.1 Å². The molecule has 1 N–H and O–H groups in total. The van der Waals surface area contributed by atoms with Gasteiger partial charge in [0.2, 0.25) is 5.91 Å². The number of hydrogen-bond acceptors (Lipinski definition) is 4. The van der Waals surface area contributed by atoms with Crippen molar-refractivity contribution in [1.29, 1.82) is 5.26 Å². The fourth-order valence-electron chi connectivity index (χ4n) is 1.32. The van der Waals surface area contributed by atoms with Crippen LogP contribution in [0.5, 0.6) is 0 Å².